The van der Waals surface area contributed by atoms with E-state index in [2.05, 4.69) is 46.0 Å². The van der Waals surface area contributed by atoms with Crippen molar-refractivity contribution in [2.75, 3.05) is 14.2 Å². The van der Waals surface area contributed by atoms with Crippen LogP contribution in [0.4, 0.5) is 0 Å². The van der Waals surface area contributed by atoms with E-state index in [-0.39, 0.29) is 0 Å². The molecule has 0 fully saturated rings. The fourth-order valence-corrected chi connectivity index (χ4v) is 3.17. The normalized spacial score (nSPS) is 11.1. The van der Waals surface area contributed by atoms with E-state index < -0.39 is 0 Å². The molecule has 2 rings (SSSR count). The molecule has 0 saturated carbocycles. The highest BCUT2D eigenvalue weighted by molar-refractivity contribution is 9.10. The van der Waals surface area contributed by atoms with Crippen LogP contribution < -0.4 is 4.74 Å². The van der Waals surface area contributed by atoms with Crippen molar-refractivity contribution in [3.63, 3.8) is 0 Å². The largest absolute Gasteiger partial charge is 0.496 e. The first-order valence-electron chi connectivity index (χ1n) is 7.07. The van der Waals surface area contributed by atoms with E-state index in [9.17, 15) is 0 Å². The Morgan fingerprint density at radius 2 is 2.00 bits per heavy atom. The van der Waals surface area contributed by atoms with E-state index in [4.69, 9.17) is 4.74 Å². The van der Waals surface area contributed by atoms with E-state index in [1.807, 2.05) is 29.9 Å². The third-order valence-corrected chi connectivity index (χ3v) is 4.47. The summed E-state index contributed by atoms with van der Waals surface area (Å²) >= 11 is 3.67. The number of hydrogen-bond acceptors (Lipinski definition) is 3. The van der Waals surface area contributed by atoms with Gasteiger partial charge < -0.3 is 4.74 Å². The van der Waals surface area contributed by atoms with Gasteiger partial charge >= 0.3 is 0 Å². The number of halogens is 1. The molecule has 0 aliphatic carbocycles. The van der Waals surface area contributed by atoms with Gasteiger partial charge in [-0.2, -0.15) is 5.10 Å². The highest BCUT2D eigenvalue weighted by Crippen LogP contribution is 2.24. The summed E-state index contributed by atoms with van der Waals surface area (Å²) in [5, 5.41) is 4.54. The lowest BCUT2D eigenvalue weighted by atomic mass is 10.2. The maximum absolute atomic E-state index is 5.41. The molecule has 0 aliphatic rings. The first-order chi connectivity index (χ1) is 10.1. The number of aryl methyl sites for hydroxylation is 2. The highest BCUT2D eigenvalue weighted by Gasteiger charge is 2.15. The summed E-state index contributed by atoms with van der Waals surface area (Å²) in [6.07, 6.45) is 0.935. The number of benzene rings is 1. The lowest BCUT2D eigenvalue weighted by Crippen LogP contribution is -2.19. The molecule has 0 N–H and O–H groups in total. The van der Waals surface area contributed by atoms with Crippen molar-refractivity contribution < 1.29 is 4.74 Å². The van der Waals surface area contributed by atoms with Gasteiger partial charge in [-0.05, 0) is 35.5 Å². The summed E-state index contributed by atoms with van der Waals surface area (Å²) in [4.78, 5) is 2.26. The summed E-state index contributed by atoms with van der Waals surface area (Å²) < 4.78 is 8.50. The number of nitrogens with zero attached hydrogens (tertiary/aromatic N) is 3. The molecule has 0 atom stereocenters. The molecule has 0 bridgehead atoms. The molecule has 0 aliphatic heterocycles. The second-order valence-electron chi connectivity index (χ2n) is 5.17. The Labute approximate surface area is 134 Å². The lowest BCUT2D eigenvalue weighted by Gasteiger charge is -2.18. The predicted octanol–water partition coefficient (Wildman–Crippen LogP) is 3.39. The Balaban J connectivity index is 2.12. The Hall–Kier alpha value is -1.33. The van der Waals surface area contributed by atoms with Gasteiger partial charge in [-0.15, -0.1) is 0 Å². The minimum Gasteiger partial charge on any atom is -0.496 e. The van der Waals surface area contributed by atoms with Crippen molar-refractivity contribution in [2.24, 2.45) is 7.05 Å². The van der Waals surface area contributed by atoms with Crippen molar-refractivity contribution in [2.45, 2.75) is 26.4 Å². The van der Waals surface area contributed by atoms with Crippen molar-refractivity contribution in [3.8, 4) is 5.75 Å². The molecule has 0 amide bonds. The molecule has 0 spiro atoms. The van der Waals surface area contributed by atoms with Crippen LogP contribution in [-0.2, 0) is 26.6 Å². The molecule has 0 radical (unpaired) electrons. The van der Waals surface area contributed by atoms with Gasteiger partial charge in [0.2, 0.25) is 0 Å². The van der Waals surface area contributed by atoms with Crippen LogP contribution in [0.1, 0.15) is 23.9 Å². The minimum atomic E-state index is 0.835. The van der Waals surface area contributed by atoms with Crippen LogP contribution in [-0.4, -0.2) is 28.8 Å². The van der Waals surface area contributed by atoms with E-state index in [1.165, 1.54) is 11.3 Å². The SMILES string of the molecule is CCc1nn(C)c(CN(C)Cc2ccccc2OC)c1Br. The Morgan fingerprint density at radius 1 is 1.29 bits per heavy atom. The first-order valence-corrected chi connectivity index (χ1v) is 7.86. The zero-order chi connectivity index (χ0) is 15.4. The summed E-state index contributed by atoms with van der Waals surface area (Å²) in [6.45, 7) is 3.79. The molecule has 0 saturated heterocycles. The van der Waals surface area contributed by atoms with Crippen molar-refractivity contribution >= 4 is 15.9 Å². The maximum atomic E-state index is 5.41. The summed E-state index contributed by atoms with van der Waals surface area (Å²) in [5.41, 5.74) is 3.50. The zero-order valence-corrected chi connectivity index (χ0v) is 14.6. The fourth-order valence-electron chi connectivity index (χ4n) is 2.43. The molecule has 21 heavy (non-hydrogen) atoms. The van der Waals surface area contributed by atoms with Crippen LogP contribution in [0.5, 0.6) is 5.75 Å². The first kappa shape index (κ1) is 16.0. The van der Waals surface area contributed by atoms with E-state index in [1.54, 1.807) is 7.11 Å². The second-order valence-corrected chi connectivity index (χ2v) is 5.96. The minimum absolute atomic E-state index is 0.835. The topological polar surface area (TPSA) is 30.3 Å². The summed E-state index contributed by atoms with van der Waals surface area (Å²) in [7, 11) is 5.82. The maximum Gasteiger partial charge on any atom is 0.123 e. The number of ether oxygens (including phenoxy) is 1. The molecule has 114 valence electrons. The fraction of sp³-hybridized carbons (Fsp3) is 0.438. The summed E-state index contributed by atoms with van der Waals surface area (Å²) in [6, 6.07) is 8.14. The number of hydrogen-bond donors (Lipinski definition) is 0. The van der Waals surface area contributed by atoms with Gasteiger partial charge in [-0.1, -0.05) is 25.1 Å². The molecule has 1 aromatic carbocycles. The van der Waals surface area contributed by atoms with Gasteiger partial charge in [-0.3, -0.25) is 9.58 Å². The van der Waals surface area contributed by atoms with Gasteiger partial charge in [0.15, 0.2) is 0 Å². The lowest BCUT2D eigenvalue weighted by molar-refractivity contribution is 0.301. The Kier molecular flexibility index (Phi) is 5.42. The van der Waals surface area contributed by atoms with E-state index >= 15 is 0 Å². The van der Waals surface area contributed by atoms with Gasteiger partial charge in [0.1, 0.15) is 5.75 Å². The molecular formula is C16H22BrN3O. The third kappa shape index (κ3) is 3.66. The summed E-state index contributed by atoms with van der Waals surface area (Å²) in [5.74, 6) is 0.933. The van der Waals surface area contributed by atoms with Crippen LogP contribution >= 0.6 is 15.9 Å². The monoisotopic (exact) mass is 351 g/mol. The van der Waals surface area contributed by atoms with Gasteiger partial charge in [0, 0.05) is 25.7 Å². The van der Waals surface area contributed by atoms with Gasteiger partial charge in [0.25, 0.3) is 0 Å². The van der Waals surface area contributed by atoms with Crippen LogP contribution in [0.2, 0.25) is 0 Å². The molecule has 2 aromatic rings. The number of aromatic nitrogens is 2. The van der Waals surface area contributed by atoms with Crippen LogP contribution in [0.15, 0.2) is 28.7 Å². The molecule has 1 heterocycles. The molecule has 1 aromatic heterocycles. The van der Waals surface area contributed by atoms with Gasteiger partial charge in [0.05, 0.1) is 23.0 Å². The molecule has 0 unspecified atom stereocenters. The molecule has 4 nitrogen and oxygen atoms in total. The molecule has 5 heteroatoms. The predicted molar refractivity (Wildman–Crippen MR) is 88.5 cm³/mol. The van der Waals surface area contributed by atoms with E-state index in [0.717, 1.165) is 35.4 Å². The standard InChI is InChI=1S/C16H22BrN3O/c1-5-13-16(17)14(20(3)18-13)11-19(2)10-12-8-6-7-9-15(12)21-4/h6-9H,5,10-11H2,1-4H3. The molecular weight excluding hydrogens is 330 g/mol. The van der Waals surface area contributed by atoms with Crippen molar-refractivity contribution in [1.29, 1.82) is 0 Å². The second kappa shape index (κ2) is 7.09. The van der Waals surface area contributed by atoms with Gasteiger partial charge in [-0.25, -0.2) is 0 Å². The Morgan fingerprint density at radius 3 is 2.62 bits per heavy atom. The Bertz CT molecular complexity index is 610. The average Bonchev–Trinajstić information content (AvgIpc) is 2.75. The van der Waals surface area contributed by atoms with Crippen LogP contribution in [0, 0.1) is 0 Å². The number of methoxy groups -OCH3 is 1. The van der Waals surface area contributed by atoms with E-state index in [0.29, 0.717) is 0 Å². The zero-order valence-electron chi connectivity index (χ0n) is 13.1. The highest BCUT2D eigenvalue weighted by atomic mass is 79.9. The quantitative estimate of drug-likeness (QED) is 0.798. The third-order valence-electron chi connectivity index (χ3n) is 3.56. The number of rotatable bonds is 6. The van der Waals surface area contributed by atoms with Crippen LogP contribution in [0.3, 0.4) is 0 Å². The smallest absolute Gasteiger partial charge is 0.123 e. The van der Waals surface area contributed by atoms with Crippen molar-refractivity contribution in [3.05, 3.63) is 45.7 Å². The van der Waals surface area contributed by atoms with Crippen molar-refractivity contribution in [1.82, 2.24) is 14.7 Å². The number of para-hydroxylation sites is 1. The van der Waals surface area contributed by atoms with Crippen LogP contribution in [0.25, 0.3) is 0 Å². The average molecular weight is 352 g/mol.